The Morgan fingerprint density at radius 2 is 1.96 bits per heavy atom. The van der Waals surface area contributed by atoms with Crippen LogP contribution in [0, 0.1) is 0 Å². The van der Waals surface area contributed by atoms with Crippen LogP contribution in [0.25, 0.3) is 0 Å². The summed E-state index contributed by atoms with van der Waals surface area (Å²) in [5.74, 6) is -0.507. The van der Waals surface area contributed by atoms with Gasteiger partial charge in [-0.3, -0.25) is 14.4 Å². The van der Waals surface area contributed by atoms with Gasteiger partial charge in [-0.25, -0.2) is 4.90 Å². The predicted molar refractivity (Wildman–Crippen MR) is 89.0 cm³/mol. The molecular weight excluding hydrogens is 292 g/mol. The lowest BCUT2D eigenvalue weighted by atomic mass is 10.0. The lowest BCUT2D eigenvalue weighted by Gasteiger charge is -2.25. The highest BCUT2D eigenvalue weighted by Gasteiger charge is 2.43. The van der Waals surface area contributed by atoms with Crippen molar-refractivity contribution in [3.63, 3.8) is 0 Å². The molecule has 23 heavy (non-hydrogen) atoms. The molecule has 1 aromatic carbocycles. The Morgan fingerprint density at radius 3 is 2.43 bits per heavy atom. The molecule has 0 spiro atoms. The summed E-state index contributed by atoms with van der Waals surface area (Å²) in [6, 6.07) is 6.64. The van der Waals surface area contributed by atoms with Crippen LogP contribution in [0.2, 0.25) is 0 Å². The normalized spacial score (nSPS) is 17.7. The summed E-state index contributed by atoms with van der Waals surface area (Å²) in [7, 11) is 0. The van der Waals surface area contributed by atoms with Gasteiger partial charge in [0.2, 0.25) is 11.8 Å². The molecule has 0 aliphatic carbocycles. The summed E-state index contributed by atoms with van der Waals surface area (Å²) >= 11 is 0. The van der Waals surface area contributed by atoms with Crippen molar-refractivity contribution in [2.24, 2.45) is 0 Å². The second-order valence-electron chi connectivity index (χ2n) is 5.99. The average molecular weight is 314 g/mol. The summed E-state index contributed by atoms with van der Waals surface area (Å²) in [6.07, 6.45) is 1.57. The Morgan fingerprint density at radius 1 is 1.35 bits per heavy atom. The Balaban J connectivity index is 2.27. The van der Waals surface area contributed by atoms with E-state index in [-0.39, 0.29) is 30.7 Å². The number of carbonyl (C=O) groups excluding carboxylic acids is 3. The van der Waals surface area contributed by atoms with Crippen LogP contribution in [-0.2, 0) is 14.4 Å². The van der Waals surface area contributed by atoms with E-state index in [0.29, 0.717) is 11.6 Å². The third-order valence-electron chi connectivity index (χ3n) is 4.05. The van der Waals surface area contributed by atoms with Crippen molar-refractivity contribution in [3.05, 3.63) is 42.5 Å². The number of hydrogen-bond donors (Lipinski definition) is 0. The zero-order valence-electron chi connectivity index (χ0n) is 13.8. The first-order chi connectivity index (χ1) is 10.9. The zero-order valence-corrected chi connectivity index (χ0v) is 13.8. The highest BCUT2D eigenvalue weighted by molar-refractivity contribution is 6.23. The number of nitrogens with zero attached hydrogens (tertiary/aromatic N) is 2. The summed E-state index contributed by atoms with van der Waals surface area (Å²) < 4.78 is 0. The number of amides is 3. The molecule has 0 bridgehead atoms. The Bertz CT molecular complexity index is 634. The minimum Gasteiger partial charge on any atom is -0.327 e. The van der Waals surface area contributed by atoms with Crippen LogP contribution in [0.1, 0.15) is 38.7 Å². The fraction of sp³-hybridized carbons (Fsp3) is 0.389. The molecule has 5 nitrogen and oxygen atoms in total. The molecule has 1 aromatic rings. The van der Waals surface area contributed by atoms with E-state index in [0.717, 1.165) is 5.56 Å². The van der Waals surface area contributed by atoms with Crippen molar-refractivity contribution >= 4 is 23.4 Å². The first-order valence-corrected chi connectivity index (χ1v) is 7.71. The summed E-state index contributed by atoms with van der Waals surface area (Å²) in [4.78, 5) is 39.2. The van der Waals surface area contributed by atoms with Crippen LogP contribution in [0.4, 0.5) is 5.69 Å². The molecule has 3 amide bonds. The third kappa shape index (κ3) is 3.33. The number of imide groups is 1. The third-order valence-corrected chi connectivity index (χ3v) is 4.05. The molecule has 2 rings (SSSR count). The highest BCUT2D eigenvalue weighted by atomic mass is 16.2. The molecule has 5 heteroatoms. The van der Waals surface area contributed by atoms with E-state index in [1.165, 1.54) is 16.7 Å². The molecule has 122 valence electrons. The van der Waals surface area contributed by atoms with E-state index in [4.69, 9.17) is 0 Å². The molecule has 1 aliphatic rings. The van der Waals surface area contributed by atoms with E-state index in [2.05, 4.69) is 20.4 Å². The second-order valence-corrected chi connectivity index (χ2v) is 5.99. The number of anilines is 1. The van der Waals surface area contributed by atoms with E-state index in [9.17, 15) is 14.4 Å². The van der Waals surface area contributed by atoms with Crippen LogP contribution in [0.15, 0.2) is 36.9 Å². The monoisotopic (exact) mass is 314 g/mol. The van der Waals surface area contributed by atoms with Crippen molar-refractivity contribution in [1.29, 1.82) is 0 Å². The lowest BCUT2D eigenvalue weighted by molar-refractivity contribution is -0.135. The van der Waals surface area contributed by atoms with E-state index in [1.807, 2.05) is 12.1 Å². The molecule has 1 saturated heterocycles. The molecule has 0 N–H and O–H groups in total. The fourth-order valence-electron chi connectivity index (χ4n) is 2.75. The van der Waals surface area contributed by atoms with Crippen molar-refractivity contribution in [2.75, 3.05) is 11.4 Å². The van der Waals surface area contributed by atoms with Gasteiger partial charge >= 0.3 is 0 Å². The van der Waals surface area contributed by atoms with Gasteiger partial charge in [-0.2, -0.15) is 0 Å². The van der Waals surface area contributed by atoms with Crippen LogP contribution in [0.5, 0.6) is 0 Å². The minimum absolute atomic E-state index is 0.0121. The van der Waals surface area contributed by atoms with Gasteiger partial charge < -0.3 is 4.90 Å². The van der Waals surface area contributed by atoms with Crippen LogP contribution < -0.4 is 4.90 Å². The lowest BCUT2D eigenvalue weighted by Crippen LogP contribution is -2.44. The number of rotatable bonds is 5. The van der Waals surface area contributed by atoms with Gasteiger partial charge in [0.25, 0.3) is 5.91 Å². The van der Waals surface area contributed by atoms with Gasteiger partial charge in [-0.1, -0.05) is 32.1 Å². The zero-order chi connectivity index (χ0) is 17.1. The maximum absolute atomic E-state index is 12.6. The van der Waals surface area contributed by atoms with Gasteiger partial charge in [-0.15, -0.1) is 6.58 Å². The van der Waals surface area contributed by atoms with Crippen molar-refractivity contribution in [3.8, 4) is 0 Å². The number of hydrogen-bond acceptors (Lipinski definition) is 3. The fourth-order valence-corrected chi connectivity index (χ4v) is 2.75. The first kappa shape index (κ1) is 16.9. The van der Waals surface area contributed by atoms with Gasteiger partial charge in [0.15, 0.2) is 0 Å². The van der Waals surface area contributed by atoms with Gasteiger partial charge in [0, 0.05) is 13.5 Å². The predicted octanol–water partition coefficient (Wildman–Crippen LogP) is 2.48. The topological polar surface area (TPSA) is 57.7 Å². The molecule has 1 heterocycles. The minimum atomic E-state index is -0.747. The van der Waals surface area contributed by atoms with Crippen LogP contribution >= 0.6 is 0 Å². The summed E-state index contributed by atoms with van der Waals surface area (Å²) in [5, 5.41) is 0. The Kier molecular flexibility index (Phi) is 4.98. The molecule has 1 fully saturated rings. The number of benzene rings is 1. The molecule has 0 radical (unpaired) electrons. The van der Waals surface area contributed by atoms with E-state index < -0.39 is 6.04 Å². The van der Waals surface area contributed by atoms with Crippen LogP contribution in [0.3, 0.4) is 0 Å². The quantitative estimate of drug-likeness (QED) is 0.620. The van der Waals surface area contributed by atoms with E-state index >= 15 is 0 Å². The molecule has 1 atom stereocenters. The van der Waals surface area contributed by atoms with Gasteiger partial charge in [0.05, 0.1) is 12.1 Å². The molecule has 0 saturated carbocycles. The molecule has 1 unspecified atom stereocenters. The maximum Gasteiger partial charge on any atom is 0.257 e. The van der Waals surface area contributed by atoms with Gasteiger partial charge in [-0.05, 0) is 23.6 Å². The standard InChI is InChI=1S/C18H22N2O3/c1-5-10-19(13(4)21)16-11-17(22)20(18(16)23)15-8-6-14(7-9-15)12(2)3/h5-9,12,16H,1,10-11H2,2-4H3. The SMILES string of the molecule is C=CCN(C(C)=O)C1CC(=O)N(c2ccc(C(C)C)cc2)C1=O. The first-order valence-electron chi connectivity index (χ1n) is 7.71. The largest absolute Gasteiger partial charge is 0.327 e. The second kappa shape index (κ2) is 6.77. The van der Waals surface area contributed by atoms with E-state index in [1.54, 1.807) is 18.2 Å². The molecule has 0 aromatic heterocycles. The van der Waals surface area contributed by atoms with Crippen molar-refractivity contribution in [2.45, 2.75) is 39.2 Å². The average Bonchev–Trinajstić information content (AvgIpc) is 2.79. The number of carbonyl (C=O) groups is 3. The maximum atomic E-state index is 12.6. The Hall–Kier alpha value is -2.43. The van der Waals surface area contributed by atoms with Crippen molar-refractivity contribution < 1.29 is 14.4 Å². The molecular formula is C18H22N2O3. The summed E-state index contributed by atoms with van der Waals surface area (Å²) in [5.41, 5.74) is 1.69. The highest BCUT2D eigenvalue weighted by Crippen LogP contribution is 2.27. The van der Waals surface area contributed by atoms with Crippen molar-refractivity contribution in [1.82, 2.24) is 4.90 Å². The smallest absolute Gasteiger partial charge is 0.257 e. The van der Waals surface area contributed by atoms with Gasteiger partial charge in [0.1, 0.15) is 6.04 Å². The van der Waals surface area contributed by atoms with Crippen LogP contribution in [-0.4, -0.2) is 35.2 Å². The Labute approximate surface area is 136 Å². The summed E-state index contributed by atoms with van der Waals surface area (Å²) in [6.45, 7) is 9.40. The molecule has 1 aliphatic heterocycles.